The Balaban J connectivity index is 1.63. The van der Waals surface area contributed by atoms with E-state index in [1.165, 1.54) is 19.3 Å². The molecule has 4 rings (SSSR count). The van der Waals surface area contributed by atoms with E-state index in [1.54, 1.807) is 6.20 Å². The lowest BCUT2D eigenvalue weighted by Gasteiger charge is -2.35. The van der Waals surface area contributed by atoms with Crippen LogP contribution in [-0.4, -0.2) is 23.7 Å². The van der Waals surface area contributed by atoms with Crippen molar-refractivity contribution in [3.8, 4) is 11.5 Å². The highest BCUT2D eigenvalue weighted by atomic mass is 16.7. The minimum Gasteiger partial charge on any atom is -0.454 e. The second kappa shape index (κ2) is 7.36. The first-order chi connectivity index (χ1) is 12.7. The molecule has 1 aliphatic heterocycles. The molecule has 2 aromatic rings. The molecule has 1 aromatic carbocycles. The van der Waals surface area contributed by atoms with Crippen molar-refractivity contribution in [3.63, 3.8) is 0 Å². The molecule has 1 atom stereocenters. The topological polar surface area (TPSA) is 51.7 Å². The SMILES string of the molecule is CC(C(=O)N(c1ccccn1)C1CCCCC1)c1ccc2c(c1)OCO2. The molecule has 0 radical (unpaired) electrons. The number of carbonyl (C=O) groups is 1. The van der Waals surface area contributed by atoms with Crippen molar-refractivity contribution < 1.29 is 14.3 Å². The second-order valence-electron chi connectivity index (χ2n) is 7.02. The number of pyridine rings is 1. The standard InChI is InChI=1S/C21H24N2O3/c1-15(16-10-11-18-19(13-16)26-14-25-18)21(24)23(17-7-3-2-4-8-17)20-9-5-6-12-22-20/h5-6,9-13,15,17H,2-4,7-8,14H2,1H3. The summed E-state index contributed by atoms with van der Waals surface area (Å²) in [5.74, 6) is 2.02. The van der Waals surface area contributed by atoms with Gasteiger partial charge in [0.25, 0.3) is 0 Å². The Morgan fingerprint density at radius 2 is 1.92 bits per heavy atom. The summed E-state index contributed by atoms with van der Waals surface area (Å²) in [6, 6.07) is 11.7. The van der Waals surface area contributed by atoms with Crippen LogP contribution in [0.15, 0.2) is 42.6 Å². The van der Waals surface area contributed by atoms with Gasteiger partial charge in [-0.3, -0.25) is 9.69 Å². The number of carbonyl (C=O) groups excluding carboxylic acids is 1. The lowest BCUT2D eigenvalue weighted by Crippen LogP contribution is -2.44. The number of anilines is 1. The monoisotopic (exact) mass is 352 g/mol. The Hall–Kier alpha value is -2.56. The number of aromatic nitrogens is 1. The van der Waals surface area contributed by atoms with Crippen molar-refractivity contribution >= 4 is 11.7 Å². The maximum atomic E-state index is 13.5. The summed E-state index contributed by atoms with van der Waals surface area (Å²) in [5.41, 5.74) is 0.941. The van der Waals surface area contributed by atoms with E-state index in [0.717, 1.165) is 30.0 Å². The maximum absolute atomic E-state index is 13.5. The molecule has 1 amide bonds. The Kier molecular flexibility index (Phi) is 4.78. The van der Waals surface area contributed by atoms with Crippen LogP contribution in [0.5, 0.6) is 11.5 Å². The Bertz CT molecular complexity index is 772. The first kappa shape index (κ1) is 16.9. The van der Waals surface area contributed by atoms with E-state index >= 15 is 0 Å². The van der Waals surface area contributed by atoms with E-state index in [2.05, 4.69) is 4.98 Å². The molecule has 2 heterocycles. The minimum atomic E-state index is -0.270. The van der Waals surface area contributed by atoms with Crippen LogP contribution in [0.1, 0.15) is 50.5 Å². The van der Waals surface area contributed by atoms with Crippen LogP contribution < -0.4 is 14.4 Å². The van der Waals surface area contributed by atoms with Gasteiger partial charge in [-0.15, -0.1) is 0 Å². The van der Waals surface area contributed by atoms with Crippen LogP contribution in [0.25, 0.3) is 0 Å². The van der Waals surface area contributed by atoms with Crippen LogP contribution in [0, 0.1) is 0 Å². The van der Waals surface area contributed by atoms with Crippen molar-refractivity contribution in [2.45, 2.75) is 51.0 Å². The van der Waals surface area contributed by atoms with Gasteiger partial charge in [-0.25, -0.2) is 4.98 Å². The van der Waals surface area contributed by atoms with Gasteiger partial charge < -0.3 is 9.47 Å². The Morgan fingerprint density at radius 3 is 2.69 bits per heavy atom. The Labute approximate surface area is 153 Å². The van der Waals surface area contributed by atoms with E-state index in [-0.39, 0.29) is 24.7 Å². The molecule has 0 saturated heterocycles. The molecule has 1 aliphatic carbocycles. The summed E-state index contributed by atoms with van der Waals surface area (Å²) in [7, 11) is 0. The number of hydrogen-bond acceptors (Lipinski definition) is 4. The summed E-state index contributed by atoms with van der Waals surface area (Å²) in [5, 5.41) is 0. The van der Waals surface area contributed by atoms with Crippen molar-refractivity contribution in [2.75, 3.05) is 11.7 Å². The lowest BCUT2D eigenvalue weighted by atomic mass is 9.92. The minimum absolute atomic E-state index is 0.0921. The van der Waals surface area contributed by atoms with Crippen LogP contribution in [-0.2, 0) is 4.79 Å². The fourth-order valence-electron chi connectivity index (χ4n) is 3.85. The molecule has 1 aromatic heterocycles. The number of nitrogens with zero attached hydrogens (tertiary/aromatic N) is 2. The number of hydrogen-bond donors (Lipinski definition) is 0. The third kappa shape index (κ3) is 3.26. The molecule has 5 nitrogen and oxygen atoms in total. The lowest BCUT2D eigenvalue weighted by molar-refractivity contribution is -0.120. The summed E-state index contributed by atoms with van der Waals surface area (Å²) in [4.78, 5) is 19.9. The Morgan fingerprint density at radius 1 is 1.12 bits per heavy atom. The highest BCUT2D eigenvalue weighted by Crippen LogP contribution is 2.36. The van der Waals surface area contributed by atoms with E-state index in [9.17, 15) is 4.79 Å². The van der Waals surface area contributed by atoms with Gasteiger partial charge in [0, 0.05) is 12.2 Å². The third-order valence-electron chi connectivity index (χ3n) is 5.34. The molecular formula is C21H24N2O3. The van der Waals surface area contributed by atoms with E-state index in [4.69, 9.17) is 9.47 Å². The summed E-state index contributed by atoms with van der Waals surface area (Å²) in [6.45, 7) is 2.20. The third-order valence-corrected chi connectivity index (χ3v) is 5.34. The second-order valence-corrected chi connectivity index (χ2v) is 7.02. The van der Waals surface area contributed by atoms with Crippen molar-refractivity contribution in [1.29, 1.82) is 0 Å². The molecule has 26 heavy (non-hydrogen) atoms. The smallest absolute Gasteiger partial charge is 0.235 e. The largest absolute Gasteiger partial charge is 0.454 e. The highest BCUT2D eigenvalue weighted by Gasteiger charge is 2.31. The van der Waals surface area contributed by atoms with Gasteiger partial charge in [0.05, 0.1) is 5.92 Å². The van der Waals surface area contributed by atoms with E-state index < -0.39 is 0 Å². The maximum Gasteiger partial charge on any atom is 0.235 e. The van der Waals surface area contributed by atoms with Crippen LogP contribution in [0.2, 0.25) is 0 Å². The molecule has 136 valence electrons. The first-order valence-corrected chi connectivity index (χ1v) is 9.37. The van der Waals surface area contributed by atoms with Gasteiger partial charge >= 0.3 is 0 Å². The van der Waals surface area contributed by atoms with Gasteiger partial charge in [-0.05, 0) is 49.6 Å². The van der Waals surface area contributed by atoms with Gasteiger partial charge in [0.1, 0.15) is 5.82 Å². The first-order valence-electron chi connectivity index (χ1n) is 9.37. The predicted molar refractivity (Wildman–Crippen MR) is 99.6 cm³/mol. The van der Waals surface area contributed by atoms with Gasteiger partial charge in [0.15, 0.2) is 11.5 Å². The fourth-order valence-corrected chi connectivity index (χ4v) is 3.85. The predicted octanol–water partition coefficient (Wildman–Crippen LogP) is 4.28. The average molecular weight is 352 g/mol. The molecule has 0 N–H and O–H groups in total. The molecular weight excluding hydrogens is 328 g/mol. The molecule has 1 unspecified atom stereocenters. The van der Waals surface area contributed by atoms with Gasteiger partial charge in [0.2, 0.25) is 12.7 Å². The molecule has 1 saturated carbocycles. The molecule has 2 aliphatic rings. The van der Waals surface area contributed by atoms with Gasteiger partial charge in [-0.2, -0.15) is 0 Å². The van der Waals surface area contributed by atoms with Crippen molar-refractivity contribution in [1.82, 2.24) is 4.98 Å². The quantitative estimate of drug-likeness (QED) is 0.824. The zero-order chi connectivity index (χ0) is 17.9. The fraction of sp³-hybridized carbons (Fsp3) is 0.429. The van der Waals surface area contributed by atoms with Crippen LogP contribution in [0.3, 0.4) is 0 Å². The molecule has 0 bridgehead atoms. The zero-order valence-electron chi connectivity index (χ0n) is 15.1. The number of rotatable bonds is 4. The average Bonchev–Trinajstić information content (AvgIpc) is 3.17. The summed E-state index contributed by atoms with van der Waals surface area (Å²) in [6.07, 6.45) is 7.41. The number of ether oxygens (including phenoxy) is 2. The highest BCUT2D eigenvalue weighted by molar-refractivity contribution is 5.97. The van der Waals surface area contributed by atoms with Gasteiger partial charge in [-0.1, -0.05) is 31.4 Å². The molecule has 1 fully saturated rings. The number of benzene rings is 1. The summed E-state index contributed by atoms with van der Waals surface area (Å²) < 4.78 is 10.8. The molecule has 0 spiro atoms. The van der Waals surface area contributed by atoms with E-state index in [1.807, 2.05) is 48.2 Å². The zero-order valence-corrected chi connectivity index (χ0v) is 15.1. The van der Waals surface area contributed by atoms with E-state index in [0.29, 0.717) is 5.75 Å². The molecule has 5 heteroatoms. The van der Waals surface area contributed by atoms with Crippen LogP contribution in [0.4, 0.5) is 5.82 Å². The van der Waals surface area contributed by atoms with Crippen molar-refractivity contribution in [2.24, 2.45) is 0 Å². The van der Waals surface area contributed by atoms with Crippen LogP contribution >= 0.6 is 0 Å². The summed E-state index contributed by atoms with van der Waals surface area (Å²) >= 11 is 0. The number of amides is 1. The number of fused-ring (bicyclic) bond motifs is 1. The normalized spacial score (nSPS) is 17.7. The van der Waals surface area contributed by atoms with Crippen molar-refractivity contribution in [3.05, 3.63) is 48.2 Å².